The molecule has 3 heteroatoms. The van der Waals surface area contributed by atoms with E-state index in [1.807, 2.05) is 0 Å². The second-order valence-corrected chi connectivity index (χ2v) is 3.80. The minimum absolute atomic E-state index is 0.318. The van der Waals surface area contributed by atoms with Gasteiger partial charge in [0.25, 0.3) is 0 Å². The molecule has 0 aromatic heterocycles. The first-order valence-electron chi connectivity index (χ1n) is 5.13. The van der Waals surface area contributed by atoms with Crippen molar-refractivity contribution in [2.75, 3.05) is 26.8 Å². The van der Waals surface area contributed by atoms with Crippen molar-refractivity contribution in [1.29, 1.82) is 0 Å². The number of methoxy groups -OCH3 is 1. The van der Waals surface area contributed by atoms with Gasteiger partial charge in [0.1, 0.15) is 0 Å². The highest BCUT2D eigenvalue weighted by Gasteiger charge is 2.25. The zero-order valence-electron chi connectivity index (χ0n) is 8.88. The summed E-state index contributed by atoms with van der Waals surface area (Å²) >= 11 is 0. The molecule has 1 saturated heterocycles. The molecule has 0 aromatic rings. The summed E-state index contributed by atoms with van der Waals surface area (Å²) in [4.78, 5) is 0. The van der Waals surface area contributed by atoms with E-state index in [1.54, 1.807) is 7.11 Å². The van der Waals surface area contributed by atoms with Gasteiger partial charge in [0.2, 0.25) is 0 Å². The summed E-state index contributed by atoms with van der Waals surface area (Å²) in [6, 6.07) is 0. The maximum Gasteiger partial charge on any atom is 0.0751 e. The molecule has 3 nitrogen and oxygen atoms in total. The summed E-state index contributed by atoms with van der Waals surface area (Å²) in [7, 11) is 1.74. The molecule has 1 heterocycles. The van der Waals surface area contributed by atoms with Crippen molar-refractivity contribution in [3.63, 3.8) is 0 Å². The van der Waals surface area contributed by atoms with Crippen molar-refractivity contribution in [3.8, 4) is 0 Å². The lowest BCUT2D eigenvalue weighted by Gasteiger charge is -2.33. The van der Waals surface area contributed by atoms with Crippen LogP contribution in [-0.2, 0) is 9.47 Å². The molecule has 13 heavy (non-hydrogen) atoms. The van der Waals surface area contributed by atoms with Gasteiger partial charge in [0.15, 0.2) is 0 Å². The average molecular weight is 187 g/mol. The molecular weight excluding hydrogens is 166 g/mol. The number of hydrogen-bond acceptors (Lipinski definition) is 3. The number of rotatable bonds is 4. The molecule has 3 atom stereocenters. The first-order chi connectivity index (χ1) is 6.27. The topological polar surface area (TPSA) is 30.5 Å². The number of hydrogen-bond donors (Lipinski definition) is 1. The van der Waals surface area contributed by atoms with Gasteiger partial charge in [-0.25, -0.2) is 0 Å². The third-order valence-electron chi connectivity index (χ3n) is 2.60. The van der Waals surface area contributed by atoms with E-state index in [2.05, 4.69) is 19.2 Å². The monoisotopic (exact) mass is 187 g/mol. The fourth-order valence-electron chi connectivity index (χ4n) is 1.68. The first kappa shape index (κ1) is 11.0. The highest BCUT2D eigenvalue weighted by atomic mass is 16.5. The lowest BCUT2D eigenvalue weighted by Crippen LogP contribution is -2.47. The van der Waals surface area contributed by atoms with Gasteiger partial charge in [-0.05, 0) is 6.42 Å². The third-order valence-corrected chi connectivity index (χ3v) is 2.60. The molecule has 0 saturated carbocycles. The van der Waals surface area contributed by atoms with Gasteiger partial charge in [-0.1, -0.05) is 13.8 Å². The van der Waals surface area contributed by atoms with Gasteiger partial charge in [-0.15, -0.1) is 0 Å². The van der Waals surface area contributed by atoms with Gasteiger partial charge in [0, 0.05) is 26.1 Å². The smallest absolute Gasteiger partial charge is 0.0751 e. The molecule has 0 amide bonds. The zero-order valence-corrected chi connectivity index (χ0v) is 8.88. The Morgan fingerprint density at radius 1 is 1.54 bits per heavy atom. The maximum absolute atomic E-state index is 5.91. The predicted molar refractivity (Wildman–Crippen MR) is 52.9 cm³/mol. The maximum atomic E-state index is 5.91. The zero-order chi connectivity index (χ0) is 9.68. The van der Waals surface area contributed by atoms with Crippen LogP contribution in [0.25, 0.3) is 0 Å². The largest absolute Gasteiger partial charge is 0.384 e. The molecule has 1 aliphatic heterocycles. The van der Waals surface area contributed by atoms with Crippen LogP contribution in [0.3, 0.4) is 0 Å². The average Bonchev–Trinajstić information content (AvgIpc) is 2.18. The summed E-state index contributed by atoms with van der Waals surface area (Å²) in [6.45, 7) is 7.07. The van der Waals surface area contributed by atoms with Gasteiger partial charge in [-0.2, -0.15) is 0 Å². The van der Waals surface area contributed by atoms with Gasteiger partial charge in [-0.3, -0.25) is 0 Å². The summed E-state index contributed by atoms with van der Waals surface area (Å²) in [5.41, 5.74) is 0. The van der Waals surface area contributed by atoms with Crippen LogP contribution in [0.15, 0.2) is 0 Å². The van der Waals surface area contributed by atoms with Crippen molar-refractivity contribution >= 4 is 0 Å². The van der Waals surface area contributed by atoms with Crippen LogP contribution in [0, 0.1) is 5.92 Å². The molecule has 0 spiro atoms. The van der Waals surface area contributed by atoms with E-state index in [1.165, 1.54) is 0 Å². The third kappa shape index (κ3) is 3.25. The van der Waals surface area contributed by atoms with Crippen LogP contribution in [-0.4, -0.2) is 39.0 Å². The second-order valence-electron chi connectivity index (χ2n) is 3.80. The summed E-state index contributed by atoms with van der Waals surface area (Å²) in [6.07, 6.45) is 1.79. The predicted octanol–water partition coefficient (Wildman–Crippen LogP) is 1.04. The van der Waals surface area contributed by atoms with Crippen molar-refractivity contribution < 1.29 is 9.47 Å². The van der Waals surface area contributed by atoms with Crippen molar-refractivity contribution in [1.82, 2.24) is 5.32 Å². The van der Waals surface area contributed by atoms with Gasteiger partial charge < -0.3 is 14.8 Å². The lowest BCUT2D eigenvalue weighted by atomic mass is 10.0. The van der Waals surface area contributed by atoms with Gasteiger partial charge >= 0.3 is 0 Å². The molecule has 3 unspecified atom stereocenters. The Balaban J connectivity index is 2.32. The highest BCUT2D eigenvalue weighted by molar-refractivity contribution is 4.77. The van der Waals surface area contributed by atoms with Crippen molar-refractivity contribution in [2.24, 2.45) is 5.92 Å². The standard InChI is InChI=1S/C10H21NO2/c1-4-9-5-11-6-10(13-9)8(2)7-12-3/h8-11H,4-7H2,1-3H3. The number of ether oxygens (including phenoxy) is 2. The van der Waals surface area contributed by atoms with E-state index in [0.717, 1.165) is 26.1 Å². The SMILES string of the molecule is CCC1CNCC(C(C)COC)O1. The molecule has 1 aliphatic rings. The van der Waals surface area contributed by atoms with Crippen LogP contribution >= 0.6 is 0 Å². The van der Waals surface area contributed by atoms with Crippen LogP contribution in [0.1, 0.15) is 20.3 Å². The summed E-state index contributed by atoms with van der Waals surface area (Å²) < 4.78 is 11.0. The summed E-state index contributed by atoms with van der Waals surface area (Å²) in [5.74, 6) is 0.479. The lowest BCUT2D eigenvalue weighted by molar-refractivity contribution is -0.0750. The molecule has 0 aliphatic carbocycles. The Morgan fingerprint density at radius 2 is 2.31 bits per heavy atom. The summed E-state index contributed by atoms with van der Waals surface area (Å²) in [5, 5.41) is 3.39. The fraction of sp³-hybridized carbons (Fsp3) is 1.00. The van der Waals surface area contributed by atoms with E-state index in [0.29, 0.717) is 18.1 Å². The van der Waals surface area contributed by atoms with Crippen molar-refractivity contribution in [3.05, 3.63) is 0 Å². The Kier molecular flexibility index (Phi) is 4.70. The number of morpholine rings is 1. The second kappa shape index (κ2) is 5.58. The molecule has 78 valence electrons. The Morgan fingerprint density at radius 3 is 2.92 bits per heavy atom. The molecule has 1 rings (SSSR count). The molecule has 1 N–H and O–H groups in total. The van der Waals surface area contributed by atoms with E-state index >= 15 is 0 Å². The van der Waals surface area contributed by atoms with E-state index < -0.39 is 0 Å². The first-order valence-corrected chi connectivity index (χ1v) is 5.13. The molecule has 0 aromatic carbocycles. The van der Waals surface area contributed by atoms with E-state index in [4.69, 9.17) is 9.47 Å². The van der Waals surface area contributed by atoms with E-state index in [-0.39, 0.29) is 0 Å². The molecule has 0 radical (unpaired) electrons. The van der Waals surface area contributed by atoms with Gasteiger partial charge in [0.05, 0.1) is 18.8 Å². The molecule has 1 fully saturated rings. The normalized spacial score (nSPS) is 31.6. The van der Waals surface area contributed by atoms with Crippen molar-refractivity contribution in [2.45, 2.75) is 32.5 Å². The van der Waals surface area contributed by atoms with Crippen LogP contribution < -0.4 is 5.32 Å². The Labute approximate surface area is 80.8 Å². The molecular formula is C10H21NO2. The highest BCUT2D eigenvalue weighted by Crippen LogP contribution is 2.14. The quantitative estimate of drug-likeness (QED) is 0.713. The molecule has 0 bridgehead atoms. The van der Waals surface area contributed by atoms with Crippen LogP contribution in [0.5, 0.6) is 0 Å². The Bertz CT molecular complexity index is 141. The number of nitrogens with one attached hydrogen (secondary N) is 1. The van der Waals surface area contributed by atoms with Crippen LogP contribution in [0.2, 0.25) is 0 Å². The van der Waals surface area contributed by atoms with Crippen LogP contribution in [0.4, 0.5) is 0 Å². The van der Waals surface area contributed by atoms with E-state index in [9.17, 15) is 0 Å². The minimum atomic E-state index is 0.318. The Hall–Kier alpha value is -0.120. The minimum Gasteiger partial charge on any atom is -0.384 e. The fourth-order valence-corrected chi connectivity index (χ4v) is 1.68.